The Bertz CT molecular complexity index is 982. The van der Waals surface area contributed by atoms with Gasteiger partial charge in [0.15, 0.2) is 12.4 Å². The normalized spacial score (nSPS) is 14.8. The van der Waals surface area contributed by atoms with Crippen molar-refractivity contribution in [3.05, 3.63) is 71.4 Å². The second kappa shape index (κ2) is 8.38. The Balaban J connectivity index is 1.31. The van der Waals surface area contributed by atoms with Crippen LogP contribution in [0, 0.1) is 12.7 Å². The van der Waals surface area contributed by atoms with Gasteiger partial charge in [-0.05, 0) is 56.2 Å². The van der Waals surface area contributed by atoms with E-state index in [1.165, 1.54) is 12.1 Å². The van der Waals surface area contributed by atoms with Crippen LogP contribution in [0.15, 0.2) is 47.1 Å². The van der Waals surface area contributed by atoms with Crippen molar-refractivity contribution in [2.24, 2.45) is 0 Å². The zero-order valence-electron chi connectivity index (χ0n) is 16.0. The minimum Gasteiger partial charge on any atom is -0.484 e. The Morgan fingerprint density at radius 3 is 2.72 bits per heavy atom. The number of ether oxygens (including phenoxy) is 1. The van der Waals surface area contributed by atoms with E-state index in [1.54, 1.807) is 24.4 Å². The third kappa shape index (κ3) is 4.42. The van der Waals surface area contributed by atoms with Crippen molar-refractivity contribution < 1.29 is 18.4 Å². The van der Waals surface area contributed by atoms with Crippen molar-refractivity contribution in [1.29, 1.82) is 0 Å². The van der Waals surface area contributed by atoms with Gasteiger partial charge >= 0.3 is 0 Å². The van der Waals surface area contributed by atoms with Gasteiger partial charge in [0.25, 0.3) is 11.8 Å². The Morgan fingerprint density at radius 2 is 2.00 bits per heavy atom. The van der Waals surface area contributed by atoms with Crippen LogP contribution in [0.1, 0.15) is 46.5 Å². The smallest absolute Gasteiger partial charge is 0.264 e. The number of amides is 1. The Morgan fingerprint density at radius 1 is 1.24 bits per heavy atom. The van der Waals surface area contributed by atoms with Gasteiger partial charge in [-0.1, -0.05) is 5.16 Å². The van der Waals surface area contributed by atoms with Crippen LogP contribution in [-0.2, 0) is 6.61 Å². The van der Waals surface area contributed by atoms with Crippen LogP contribution in [0.3, 0.4) is 0 Å². The van der Waals surface area contributed by atoms with Gasteiger partial charge < -0.3 is 14.2 Å². The van der Waals surface area contributed by atoms with Crippen molar-refractivity contribution in [2.75, 3.05) is 13.1 Å². The average Bonchev–Trinajstić information content (AvgIpc) is 3.22. The molecule has 1 aromatic carbocycles. The van der Waals surface area contributed by atoms with Crippen LogP contribution in [0.4, 0.5) is 4.39 Å². The monoisotopic (exact) mass is 396 g/mol. The molecule has 0 spiro atoms. The lowest BCUT2D eigenvalue weighted by molar-refractivity contribution is 0.0709. The number of rotatable bonds is 5. The van der Waals surface area contributed by atoms with Crippen molar-refractivity contribution in [3.63, 3.8) is 0 Å². The van der Waals surface area contributed by atoms with E-state index in [0.717, 1.165) is 18.5 Å². The summed E-state index contributed by atoms with van der Waals surface area (Å²) in [6, 6.07) is 9.34. The molecule has 0 N–H and O–H groups in total. The molecule has 1 saturated heterocycles. The Hall–Kier alpha value is -3.29. The molecular weight excluding hydrogens is 375 g/mol. The summed E-state index contributed by atoms with van der Waals surface area (Å²) in [6.45, 7) is 3.23. The molecule has 0 atom stereocenters. The van der Waals surface area contributed by atoms with Gasteiger partial charge in [0.1, 0.15) is 11.6 Å². The van der Waals surface area contributed by atoms with E-state index in [-0.39, 0.29) is 24.2 Å². The van der Waals surface area contributed by atoms with E-state index in [0.29, 0.717) is 36.1 Å². The summed E-state index contributed by atoms with van der Waals surface area (Å²) in [5.41, 5.74) is 1.38. The molecule has 1 aliphatic rings. The summed E-state index contributed by atoms with van der Waals surface area (Å²) < 4.78 is 23.7. The van der Waals surface area contributed by atoms with Gasteiger partial charge in [-0.15, -0.1) is 0 Å². The van der Waals surface area contributed by atoms with Gasteiger partial charge in [-0.3, -0.25) is 9.78 Å². The van der Waals surface area contributed by atoms with Crippen LogP contribution >= 0.6 is 0 Å². The highest BCUT2D eigenvalue weighted by atomic mass is 19.1. The highest BCUT2D eigenvalue weighted by Gasteiger charge is 2.28. The Labute approximate surface area is 167 Å². The summed E-state index contributed by atoms with van der Waals surface area (Å²) >= 11 is 0. The van der Waals surface area contributed by atoms with E-state index >= 15 is 0 Å². The first-order valence-electron chi connectivity index (χ1n) is 9.52. The number of hydrogen-bond donors (Lipinski definition) is 0. The molecule has 29 heavy (non-hydrogen) atoms. The summed E-state index contributed by atoms with van der Waals surface area (Å²) in [5, 5.41) is 4.07. The molecule has 0 radical (unpaired) electrons. The highest BCUT2D eigenvalue weighted by Crippen LogP contribution is 2.27. The molecular formula is C21H21FN4O3. The van der Waals surface area contributed by atoms with E-state index in [9.17, 15) is 9.18 Å². The first-order valence-corrected chi connectivity index (χ1v) is 9.52. The molecule has 7 nitrogen and oxygen atoms in total. The zero-order valence-corrected chi connectivity index (χ0v) is 16.0. The number of carbonyl (C=O) groups excluding carboxylic acids is 1. The molecule has 1 fully saturated rings. The SMILES string of the molecule is Cc1ncccc1C(=O)N1CCC(c2noc(COc3ccc(F)cc3)n2)CC1. The van der Waals surface area contributed by atoms with Crippen LogP contribution < -0.4 is 4.74 Å². The van der Waals surface area contributed by atoms with Crippen molar-refractivity contribution in [3.8, 4) is 5.75 Å². The first kappa shape index (κ1) is 19.0. The fraction of sp³-hybridized carbons (Fsp3) is 0.333. The first-order chi connectivity index (χ1) is 14.1. The summed E-state index contributed by atoms with van der Waals surface area (Å²) in [7, 11) is 0. The number of nitrogens with zero attached hydrogens (tertiary/aromatic N) is 4. The highest BCUT2D eigenvalue weighted by molar-refractivity contribution is 5.95. The zero-order chi connectivity index (χ0) is 20.2. The van der Waals surface area contributed by atoms with Crippen LogP contribution in [-0.4, -0.2) is 39.0 Å². The maximum Gasteiger partial charge on any atom is 0.264 e. The van der Waals surface area contributed by atoms with E-state index in [1.807, 2.05) is 17.9 Å². The number of carbonyl (C=O) groups is 1. The second-order valence-corrected chi connectivity index (χ2v) is 6.99. The quantitative estimate of drug-likeness (QED) is 0.656. The van der Waals surface area contributed by atoms with Crippen LogP contribution in [0.25, 0.3) is 0 Å². The summed E-state index contributed by atoms with van der Waals surface area (Å²) in [5.74, 6) is 1.36. The van der Waals surface area contributed by atoms with E-state index in [2.05, 4.69) is 15.1 Å². The minimum absolute atomic E-state index is 0.00977. The largest absolute Gasteiger partial charge is 0.484 e. The molecule has 0 saturated carbocycles. The van der Waals surface area contributed by atoms with Gasteiger partial charge in [-0.2, -0.15) is 4.98 Å². The van der Waals surface area contributed by atoms with Gasteiger partial charge in [0.05, 0.1) is 5.56 Å². The maximum absolute atomic E-state index is 12.9. The molecule has 0 bridgehead atoms. The third-order valence-electron chi connectivity index (χ3n) is 5.04. The molecule has 1 amide bonds. The number of pyridine rings is 1. The van der Waals surface area contributed by atoms with Crippen LogP contribution in [0.5, 0.6) is 5.75 Å². The molecule has 150 valence electrons. The number of benzene rings is 1. The molecule has 2 aromatic heterocycles. The van der Waals surface area contributed by atoms with Gasteiger partial charge in [0.2, 0.25) is 0 Å². The predicted molar refractivity (Wildman–Crippen MR) is 102 cm³/mol. The number of hydrogen-bond acceptors (Lipinski definition) is 6. The maximum atomic E-state index is 12.9. The van der Waals surface area contributed by atoms with Crippen molar-refractivity contribution in [1.82, 2.24) is 20.0 Å². The molecule has 3 aromatic rings. The standard InChI is InChI=1S/C21H21FN4O3/c1-14-18(3-2-10-23-14)21(27)26-11-8-15(9-12-26)20-24-19(29-25-20)13-28-17-6-4-16(22)5-7-17/h2-7,10,15H,8-9,11-13H2,1H3. The molecule has 3 heterocycles. The molecule has 1 aliphatic heterocycles. The Kier molecular flexibility index (Phi) is 5.50. The number of aryl methyl sites for hydroxylation is 1. The average molecular weight is 396 g/mol. The van der Waals surface area contributed by atoms with E-state index in [4.69, 9.17) is 9.26 Å². The lowest BCUT2D eigenvalue weighted by atomic mass is 9.95. The second-order valence-electron chi connectivity index (χ2n) is 6.99. The van der Waals surface area contributed by atoms with Crippen molar-refractivity contribution >= 4 is 5.91 Å². The number of aromatic nitrogens is 3. The predicted octanol–water partition coefficient (Wildman–Crippen LogP) is 3.51. The molecule has 8 heteroatoms. The van der Waals surface area contributed by atoms with Gasteiger partial charge in [0, 0.05) is 30.9 Å². The summed E-state index contributed by atoms with van der Waals surface area (Å²) in [6.07, 6.45) is 3.22. The van der Waals surface area contributed by atoms with Crippen LogP contribution in [0.2, 0.25) is 0 Å². The number of piperidine rings is 1. The lowest BCUT2D eigenvalue weighted by Crippen LogP contribution is -2.38. The van der Waals surface area contributed by atoms with Crippen molar-refractivity contribution in [2.45, 2.75) is 32.3 Å². The number of likely N-dealkylation sites (tertiary alicyclic amines) is 1. The fourth-order valence-corrected chi connectivity index (χ4v) is 3.39. The topological polar surface area (TPSA) is 81.4 Å². The molecule has 4 rings (SSSR count). The summed E-state index contributed by atoms with van der Waals surface area (Å²) in [4.78, 5) is 23.2. The lowest BCUT2D eigenvalue weighted by Gasteiger charge is -2.30. The number of halogens is 1. The third-order valence-corrected chi connectivity index (χ3v) is 5.04. The minimum atomic E-state index is -0.319. The fourth-order valence-electron chi connectivity index (χ4n) is 3.39. The van der Waals surface area contributed by atoms with Gasteiger partial charge in [-0.25, -0.2) is 4.39 Å². The molecule has 0 aliphatic carbocycles. The molecule has 0 unspecified atom stereocenters. The van der Waals surface area contributed by atoms with E-state index < -0.39 is 0 Å².